The maximum absolute atomic E-state index is 10.3. The van der Waals surface area contributed by atoms with Gasteiger partial charge in [-0.25, -0.2) is 0 Å². The molecule has 0 radical (unpaired) electrons. The van der Waals surface area contributed by atoms with E-state index >= 15 is 0 Å². The second-order valence-electron chi connectivity index (χ2n) is 1.64. The van der Waals surface area contributed by atoms with E-state index in [-0.39, 0.29) is 0 Å². The van der Waals surface area contributed by atoms with Gasteiger partial charge in [0.15, 0.2) is 5.12 Å². The standard InChI is InChI=1S/C3H7Cl2O3P/c1-2(4)3(5)9(6,7)8/h2-3H,1H3,(H2,6,7,8). The number of alkyl halides is 2. The van der Waals surface area contributed by atoms with Crippen LogP contribution in [0.15, 0.2) is 0 Å². The zero-order valence-electron chi connectivity index (χ0n) is 4.66. The monoisotopic (exact) mass is 192 g/mol. The summed E-state index contributed by atoms with van der Waals surface area (Å²) in [5.74, 6) is 0. The third-order valence-corrected chi connectivity index (χ3v) is 3.49. The summed E-state index contributed by atoms with van der Waals surface area (Å²) in [6, 6.07) is 0. The van der Waals surface area contributed by atoms with Gasteiger partial charge in [-0.15, -0.1) is 23.2 Å². The van der Waals surface area contributed by atoms with Gasteiger partial charge in [0, 0.05) is 0 Å². The van der Waals surface area contributed by atoms with Crippen LogP contribution in [0.2, 0.25) is 0 Å². The zero-order chi connectivity index (χ0) is 7.65. The molecule has 6 heteroatoms. The predicted molar refractivity (Wildman–Crippen MR) is 37.0 cm³/mol. The molecular formula is C3H7Cl2O3P. The van der Waals surface area contributed by atoms with E-state index in [4.69, 9.17) is 33.0 Å². The van der Waals surface area contributed by atoms with E-state index in [2.05, 4.69) is 0 Å². The van der Waals surface area contributed by atoms with E-state index in [1.165, 1.54) is 6.92 Å². The quantitative estimate of drug-likeness (QED) is 0.514. The van der Waals surface area contributed by atoms with Crippen LogP contribution in [0.1, 0.15) is 6.92 Å². The minimum Gasteiger partial charge on any atom is -0.323 e. The van der Waals surface area contributed by atoms with Crippen molar-refractivity contribution in [2.24, 2.45) is 0 Å². The van der Waals surface area contributed by atoms with E-state index < -0.39 is 18.1 Å². The van der Waals surface area contributed by atoms with Crippen LogP contribution in [0.4, 0.5) is 0 Å². The van der Waals surface area contributed by atoms with Crippen LogP contribution in [0.25, 0.3) is 0 Å². The van der Waals surface area contributed by atoms with E-state index in [1.807, 2.05) is 0 Å². The minimum atomic E-state index is -4.18. The van der Waals surface area contributed by atoms with Gasteiger partial charge in [-0.2, -0.15) is 0 Å². The Morgan fingerprint density at radius 3 is 1.78 bits per heavy atom. The molecule has 0 aromatic rings. The number of hydrogen-bond donors (Lipinski definition) is 2. The van der Waals surface area contributed by atoms with Gasteiger partial charge in [0.05, 0.1) is 5.38 Å². The lowest BCUT2D eigenvalue weighted by Crippen LogP contribution is -2.10. The van der Waals surface area contributed by atoms with Crippen LogP contribution >= 0.6 is 30.8 Å². The average molecular weight is 193 g/mol. The summed E-state index contributed by atoms with van der Waals surface area (Å²) in [5.41, 5.74) is 0. The Kier molecular flexibility index (Phi) is 3.48. The van der Waals surface area contributed by atoms with Crippen LogP contribution in [-0.2, 0) is 4.57 Å². The van der Waals surface area contributed by atoms with Crippen LogP contribution in [0.5, 0.6) is 0 Å². The van der Waals surface area contributed by atoms with Gasteiger partial charge in [-0.3, -0.25) is 4.57 Å². The van der Waals surface area contributed by atoms with Crippen molar-refractivity contribution >= 4 is 30.8 Å². The third kappa shape index (κ3) is 3.43. The van der Waals surface area contributed by atoms with E-state index in [0.717, 1.165) is 0 Å². The van der Waals surface area contributed by atoms with Gasteiger partial charge >= 0.3 is 7.60 Å². The first-order valence-electron chi connectivity index (χ1n) is 2.19. The topological polar surface area (TPSA) is 57.5 Å². The lowest BCUT2D eigenvalue weighted by molar-refractivity contribution is 0.368. The molecule has 0 aliphatic carbocycles. The summed E-state index contributed by atoms with van der Waals surface area (Å²) in [5, 5.41) is -1.99. The Labute approximate surface area is 63.1 Å². The second-order valence-corrected chi connectivity index (χ2v) is 4.84. The molecule has 0 aliphatic heterocycles. The maximum atomic E-state index is 10.3. The summed E-state index contributed by atoms with van der Waals surface area (Å²) in [6.07, 6.45) is 0. The van der Waals surface area contributed by atoms with Gasteiger partial charge in [-0.1, -0.05) is 0 Å². The van der Waals surface area contributed by atoms with E-state index in [9.17, 15) is 4.57 Å². The van der Waals surface area contributed by atoms with Gasteiger partial charge in [0.1, 0.15) is 0 Å². The average Bonchev–Trinajstić information content (AvgIpc) is 1.62. The molecule has 0 aromatic heterocycles. The first kappa shape index (κ1) is 9.73. The lowest BCUT2D eigenvalue weighted by atomic mass is 10.6. The third-order valence-electron chi connectivity index (χ3n) is 0.700. The molecule has 3 nitrogen and oxygen atoms in total. The van der Waals surface area contributed by atoms with Crippen molar-refractivity contribution in [3.8, 4) is 0 Å². The highest BCUT2D eigenvalue weighted by atomic mass is 35.5. The molecule has 0 fully saturated rings. The lowest BCUT2D eigenvalue weighted by Gasteiger charge is -2.11. The van der Waals surface area contributed by atoms with Crippen molar-refractivity contribution in [3.63, 3.8) is 0 Å². The molecule has 2 atom stereocenters. The summed E-state index contributed by atoms with van der Waals surface area (Å²) >= 11 is 10.5. The van der Waals surface area contributed by atoms with Crippen LogP contribution in [0, 0.1) is 0 Å². The van der Waals surface area contributed by atoms with Crippen LogP contribution < -0.4 is 0 Å². The zero-order valence-corrected chi connectivity index (χ0v) is 7.07. The van der Waals surface area contributed by atoms with Crippen molar-refractivity contribution in [2.75, 3.05) is 0 Å². The SMILES string of the molecule is CC(Cl)C(Cl)P(=O)(O)O. The molecular weight excluding hydrogens is 186 g/mol. The Balaban J connectivity index is 4.05. The fourth-order valence-electron chi connectivity index (χ4n) is 0.268. The summed E-state index contributed by atoms with van der Waals surface area (Å²) < 4.78 is 10.3. The number of hydrogen-bond acceptors (Lipinski definition) is 1. The Morgan fingerprint density at radius 1 is 1.44 bits per heavy atom. The largest absolute Gasteiger partial charge is 0.344 e. The van der Waals surface area contributed by atoms with Gasteiger partial charge in [0.2, 0.25) is 0 Å². The van der Waals surface area contributed by atoms with Crippen LogP contribution in [-0.4, -0.2) is 20.3 Å². The highest BCUT2D eigenvalue weighted by Crippen LogP contribution is 2.46. The molecule has 0 spiro atoms. The van der Waals surface area contributed by atoms with Gasteiger partial charge in [-0.05, 0) is 6.92 Å². The summed E-state index contributed by atoms with van der Waals surface area (Å²) in [6.45, 7) is 1.43. The molecule has 0 saturated heterocycles. The summed E-state index contributed by atoms with van der Waals surface area (Å²) in [7, 11) is -4.18. The first-order chi connectivity index (χ1) is 3.85. The predicted octanol–water partition coefficient (Wildman–Crippen LogP) is 1.36. The normalized spacial score (nSPS) is 19.2. The van der Waals surface area contributed by atoms with Gasteiger partial charge < -0.3 is 9.79 Å². The molecule has 0 aliphatic rings. The van der Waals surface area contributed by atoms with E-state index in [1.54, 1.807) is 0 Å². The smallest absolute Gasteiger partial charge is 0.323 e. The highest BCUT2D eigenvalue weighted by Gasteiger charge is 2.30. The highest BCUT2D eigenvalue weighted by molar-refractivity contribution is 7.54. The minimum absolute atomic E-state index is 0.715. The van der Waals surface area contributed by atoms with E-state index in [0.29, 0.717) is 0 Å². The molecule has 0 saturated carbocycles. The summed E-state index contributed by atoms with van der Waals surface area (Å²) in [4.78, 5) is 16.7. The molecule has 0 rings (SSSR count). The molecule has 0 bridgehead atoms. The molecule has 0 amide bonds. The maximum Gasteiger partial charge on any atom is 0.344 e. The molecule has 56 valence electrons. The molecule has 9 heavy (non-hydrogen) atoms. The fraction of sp³-hybridized carbons (Fsp3) is 1.00. The Bertz CT molecular complexity index is 131. The molecule has 2 unspecified atom stereocenters. The van der Waals surface area contributed by atoms with Crippen molar-refractivity contribution < 1.29 is 14.4 Å². The molecule has 0 aromatic carbocycles. The van der Waals surface area contributed by atoms with Crippen molar-refractivity contribution in [1.29, 1.82) is 0 Å². The molecule has 0 heterocycles. The van der Waals surface area contributed by atoms with Crippen molar-refractivity contribution in [3.05, 3.63) is 0 Å². The second kappa shape index (κ2) is 3.22. The van der Waals surface area contributed by atoms with Crippen LogP contribution in [0.3, 0.4) is 0 Å². The van der Waals surface area contributed by atoms with Gasteiger partial charge in [0.25, 0.3) is 0 Å². The number of halogens is 2. The Hall–Kier alpha value is 0.730. The van der Waals surface area contributed by atoms with Crippen molar-refractivity contribution in [2.45, 2.75) is 17.4 Å². The Morgan fingerprint density at radius 2 is 1.78 bits per heavy atom. The first-order valence-corrected chi connectivity index (χ1v) is 4.74. The number of rotatable bonds is 2. The molecule has 2 N–H and O–H groups in total. The fourth-order valence-corrected chi connectivity index (χ4v) is 1.24. The van der Waals surface area contributed by atoms with Crippen molar-refractivity contribution in [1.82, 2.24) is 0 Å².